The van der Waals surface area contributed by atoms with Gasteiger partial charge in [-0.2, -0.15) is 0 Å². The minimum absolute atomic E-state index is 0.167. The van der Waals surface area contributed by atoms with Gasteiger partial charge < -0.3 is 14.6 Å². The summed E-state index contributed by atoms with van der Waals surface area (Å²) in [5.41, 5.74) is 0. The van der Waals surface area contributed by atoms with Gasteiger partial charge in [-0.25, -0.2) is 9.18 Å². The molecule has 1 aromatic carbocycles. The summed E-state index contributed by atoms with van der Waals surface area (Å²) in [7, 11) is 0. The van der Waals surface area contributed by atoms with E-state index >= 15 is 0 Å². The molecule has 4 nitrogen and oxygen atoms in total. The Morgan fingerprint density at radius 2 is 2.29 bits per heavy atom. The summed E-state index contributed by atoms with van der Waals surface area (Å²) in [5.74, 6) is -1.03. The first-order chi connectivity index (χ1) is 8.13. The van der Waals surface area contributed by atoms with Gasteiger partial charge in [0, 0.05) is 19.1 Å². The molecule has 0 aliphatic heterocycles. The Morgan fingerprint density at radius 1 is 1.53 bits per heavy atom. The largest absolute Gasteiger partial charge is 0.493 e. The SMILES string of the molecule is CCOC(CCOc1cccc(F)c1)C(=O)O. The van der Waals surface area contributed by atoms with Gasteiger partial charge in [0.2, 0.25) is 0 Å². The molecule has 0 saturated heterocycles. The molecule has 5 heteroatoms. The molecule has 0 bridgehead atoms. The van der Waals surface area contributed by atoms with Gasteiger partial charge in [0.25, 0.3) is 0 Å². The van der Waals surface area contributed by atoms with Crippen LogP contribution in [0.3, 0.4) is 0 Å². The fraction of sp³-hybridized carbons (Fsp3) is 0.417. The highest BCUT2D eigenvalue weighted by molar-refractivity contribution is 5.72. The standard InChI is InChI=1S/C12H15FO4/c1-2-16-11(12(14)15)6-7-17-10-5-3-4-9(13)8-10/h3-5,8,11H,2,6-7H2,1H3,(H,14,15). The molecule has 1 unspecified atom stereocenters. The molecule has 1 rings (SSSR count). The van der Waals surface area contributed by atoms with Crippen molar-refractivity contribution in [2.75, 3.05) is 13.2 Å². The van der Waals surface area contributed by atoms with Crippen LogP contribution < -0.4 is 4.74 Å². The van der Waals surface area contributed by atoms with Crippen molar-refractivity contribution in [3.63, 3.8) is 0 Å². The molecule has 1 aromatic rings. The highest BCUT2D eigenvalue weighted by Crippen LogP contribution is 2.12. The number of hydrogen-bond donors (Lipinski definition) is 1. The molecule has 0 radical (unpaired) electrons. The third-order valence-corrected chi connectivity index (χ3v) is 2.09. The number of carboxylic acid groups (broad SMARTS) is 1. The number of hydrogen-bond acceptors (Lipinski definition) is 3. The summed E-state index contributed by atoms with van der Waals surface area (Å²) in [4.78, 5) is 10.7. The number of carbonyl (C=O) groups is 1. The number of rotatable bonds is 7. The monoisotopic (exact) mass is 242 g/mol. The van der Waals surface area contributed by atoms with Crippen molar-refractivity contribution >= 4 is 5.97 Å². The van der Waals surface area contributed by atoms with Crippen molar-refractivity contribution in [2.24, 2.45) is 0 Å². The molecule has 0 aliphatic rings. The van der Waals surface area contributed by atoms with E-state index in [1.54, 1.807) is 13.0 Å². The molecule has 0 fully saturated rings. The van der Waals surface area contributed by atoms with Crippen molar-refractivity contribution in [1.29, 1.82) is 0 Å². The number of halogens is 1. The van der Waals surface area contributed by atoms with E-state index in [0.29, 0.717) is 12.4 Å². The zero-order valence-electron chi connectivity index (χ0n) is 9.56. The summed E-state index contributed by atoms with van der Waals surface area (Å²) in [6.07, 6.45) is -0.659. The van der Waals surface area contributed by atoms with Crippen molar-refractivity contribution in [3.8, 4) is 5.75 Å². The lowest BCUT2D eigenvalue weighted by atomic mass is 10.2. The predicted molar refractivity (Wildman–Crippen MR) is 59.6 cm³/mol. The smallest absolute Gasteiger partial charge is 0.332 e. The van der Waals surface area contributed by atoms with Gasteiger partial charge >= 0.3 is 5.97 Å². The van der Waals surface area contributed by atoms with Crippen LogP contribution in [-0.2, 0) is 9.53 Å². The van der Waals surface area contributed by atoms with Gasteiger partial charge in [-0.15, -0.1) is 0 Å². The lowest BCUT2D eigenvalue weighted by Gasteiger charge is -2.12. The molecule has 1 N–H and O–H groups in total. The molecule has 94 valence electrons. The first kappa shape index (κ1) is 13.4. The zero-order chi connectivity index (χ0) is 12.7. The molecular weight excluding hydrogens is 227 g/mol. The van der Waals surface area contributed by atoms with E-state index in [9.17, 15) is 9.18 Å². The molecule has 0 spiro atoms. The Balaban J connectivity index is 2.38. The molecule has 0 amide bonds. The van der Waals surface area contributed by atoms with Crippen LogP contribution in [0.15, 0.2) is 24.3 Å². The number of ether oxygens (including phenoxy) is 2. The summed E-state index contributed by atoms with van der Waals surface area (Å²) in [6.45, 7) is 2.22. The van der Waals surface area contributed by atoms with E-state index < -0.39 is 12.1 Å². The molecule has 0 saturated carbocycles. The van der Waals surface area contributed by atoms with Crippen LogP contribution in [0, 0.1) is 5.82 Å². The Morgan fingerprint density at radius 3 is 2.88 bits per heavy atom. The third kappa shape index (κ3) is 4.82. The maximum Gasteiger partial charge on any atom is 0.332 e. The Bertz CT molecular complexity index is 367. The third-order valence-electron chi connectivity index (χ3n) is 2.09. The minimum atomic E-state index is -1.02. The lowest BCUT2D eigenvalue weighted by molar-refractivity contribution is -0.150. The quantitative estimate of drug-likeness (QED) is 0.795. The van der Waals surface area contributed by atoms with Crippen LogP contribution in [0.25, 0.3) is 0 Å². The van der Waals surface area contributed by atoms with Crippen molar-refractivity contribution in [1.82, 2.24) is 0 Å². The molecular formula is C12H15FO4. The van der Waals surface area contributed by atoms with Crippen molar-refractivity contribution < 1.29 is 23.8 Å². The maximum absolute atomic E-state index is 12.8. The second-order valence-corrected chi connectivity index (χ2v) is 3.38. The minimum Gasteiger partial charge on any atom is -0.493 e. The summed E-state index contributed by atoms with van der Waals surface area (Å²) >= 11 is 0. The van der Waals surface area contributed by atoms with Crippen molar-refractivity contribution in [2.45, 2.75) is 19.4 Å². The highest BCUT2D eigenvalue weighted by atomic mass is 19.1. The topological polar surface area (TPSA) is 55.8 Å². The van der Waals surface area contributed by atoms with Crippen LogP contribution >= 0.6 is 0 Å². The normalized spacial score (nSPS) is 12.1. The van der Waals surface area contributed by atoms with Crippen LogP contribution in [0.2, 0.25) is 0 Å². The number of carboxylic acids is 1. The maximum atomic E-state index is 12.8. The average Bonchev–Trinajstić information content (AvgIpc) is 2.28. The van der Waals surface area contributed by atoms with Crippen molar-refractivity contribution in [3.05, 3.63) is 30.1 Å². The lowest BCUT2D eigenvalue weighted by Crippen LogP contribution is -2.26. The van der Waals surface area contributed by atoms with Crippen LogP contribution in [-0.4, -0.2) is 30.4 Å². The average molecular weight is 242 g/mol. The summed E-state index contributed by atoms with van der Waals surface area (Å²) < 4.78 is 23.0. The van der Waals surface area contributed by atoms with Crippen LogP contribution in [0.5, 0.6) is 5.75 Å². The summed E-state index contributed by atoms with van der Waals surface area (Å²) in [6, 6.07) is 5.70. The fourth-order valence-corrected chi connectivity index (χ4v) is 1.32. The van der Waals surface area contributed by atoms with Crippen LogP contribution in [0.4, 0.5) is 4.39 Å². The van der Waals surface area contributed by atoms with Gasteiger partial charge in [0.05, 0.1) is 6.61 Å². The van der Waals surface area contributed by atoms with Gasteiger partial charge in [-0.3, -0.25) is 0 Å². The summed E-state index contributed by atoms with van der Waals surface area (Å²) in [5, 5.41) is 8.81. The van der Waals surface area contributed by atoms with E-state index in [4.69, 9.17) is 14.6 Å². The predicted octanol–water partition coefficient (Wildman–Crippen LogP) is 2.08. The molecule has 0 heterocycles. The zero-order valence-corrected chi connectivity index (χ0v) is 9.56. The van der Waals surface area contributed by atoms with E-state index in [1.807, 2.05) is 0 Å². The van der Waals surface area contributed by atoms with E-state index in [0.717, 1.165) is 0 Å². The van der Waals surface area contributed by atoms with E-state index in [1.165, 1.54) is 18.2 Å². The number of aliphatic carboxylic acids is 1. The van der Waals surface area contributed by atoms with Crippen LogP contribution in [0.1, 0.15) is 13.3 Å². The second-order valence-electron chi connectivity index (χ2n) is 3.38. The second kappa shape index (κ2) is 6.85. The highest BCUT2D eigenvalue weighted by Gasteiger charge is 2.17. The van der Waals surface area contributed by atoms with Gasteiger partial charge in [-0.1, -0.05) is 6.07 Å². The first-order valence-corrected chi connectivity index (χ1v) is 5.36. The molecule has 17 heavy (non-hydrogen) atoms. The number of benzene rings is 1. The Kier molecular flexibility index (Phi) is 5.42. The molecule has 1 atom stereocenters. The Labute approximate surface area is 99.0 Å². The van der Waals surface area contributed by atoms with Gasteiger partial charge in [-0.05, 0) is 19.1 Å². The molecule has 0 aliphatic carbocycles. The van der Waals surface area contributed by atoms with E-state index in [-0.39, 0.29) is 18.8 Å². The molecule has 0 aromatic heterocycles. The van der Waals surface area contributed by atoms with E-state index in [2.05, 4.69) is 0 Å². The van der Waals surface area contributed by atoms with Gasteiger partial charge in [0.15, 0.2) is 6.10 Å². The Hall–Kier alpha value is -1.62. The fourth-order valence-electron chi connectivity index (χ4n) is 1.32. The first-order valence-electron chi connectivity index (χ1n) is 5.36. The van der Waals surface area contributed by atoms with Gasteiger partial charge in [0.1, 0.15) is 11.6 Å².